The zero-order valence-electron chi connectivity index (χ0n) is 12.8. The molecule has 0 heterocycles. The smallest absolute Gasteiger partial charge is 0.00785 e. The maximum absolute atomic E-state index is 3.56. The molecule has 0 aliphatic heterocycles. The maximum atomic E-state index is 3.56. The fourth-order valence-corrected chi connectivity index (χ4v) is 2.02. The summed E-state index contributed by atoms with van der Waals surface area (Å²) in [6.45, 7) is 10.4. The van der Waals surface area contributed by atoms with Gasteiger partial charge in [-0.2, -0.15) is 0 Å². The van der Waals surface area contributed by atoms with Crippen LogP contribution in [-0.4, -0.2) is 62.7 Å². The lowest BCUT2D eigenvalue weighted by atomic mass is 10.1. The number of nitrogens with one attached hydrogen (secondary N) is 1. The van der Waals surface area contributed by atoms with Gasteiger partial charge in [-0.1, -0.05) is 6.92 Å². The predicted octanol–water partition coefficient (Wildman–Crippen LogP) is 2.04. The molecule has 0 rings (SSSR count). The van der Waals surface area contributed by atoms with E-state index in [0.29, 0.717) is 12.1 Å². The van der Waals surface area contributed by atoms with Crippen LogP contribution >= 0.6 is 0 Å². The van der Waals surface area contributed by atoms with Crippen molar-refractivity contribution < 1.29 is 0 Å². The average Bonchev–Trinajstić information content (AvgIpc) is 2.25. The van der Waals surface area contributed by atoms with Crippen molar-refractivity contribution in [3.05, 3.63) is 0 Å². The second-order valence-electron chi connectivity index (χ2n) is 5.58. The highest BCUT2D eigenvalue weighted by Crippen LogP contribution is 2.05. The van der Waals surface area contributed by atoms with Crippen molar-refractivity contribution in [3.63, 3.8) is 0 Å². The molecule has 2 atom stereocenters. The molecule has 3 nitrogen and oxygen atoms in total. The van der Waals surface area contributed by atoms with E-state index in [4.69, 9.17) is 0 Å². The third-order valence-electron chi connectivity index (χ3n) is 3.31. The van der Waals surface area contributed by atoms with E-state index in [1.165, 1.54) is 32.4 Å². The lowest BCUT2D eigenvalue weighted by molar-refractivity contribution is 0.219. The monoisotopic (exact) mass is 243 g/mol. The highest BCUT2D eigenvalue weighted by molar-refractivity contribution is 4.71. The highest BCUT2D eigenvalue weighted by atomic mass is 15.1. The Morgan fingerprint density at radius 2 is 1.71 bits per heavy atom. The standard InChI is InChI=1S/C14H33N3/c1-7-9-15-13(2)12-14(3)17(6)11-8-10-16(4)5/h13-15H,7-12H2,1-6H3. The third-order valence-corrected chi connectivity index (χ3v) is 3.31. The summed E-state index contributed by atoms with van der Waals surface area (Å²) in [6.07, 6.45) is 3.71. The zero-order valence-corrected chi connectivity index (χ0v) is 12.8. The largest absolute Gasteiger partial charge is 0.314 e. The maximum Gasteiger partial charge on any atom is 0.00785 e. The van der Waals surface area contributed by atoms with Crippen LogP contribution in [-0.2, 0) is 0 Å². The molecule has 0 amide bonds. The van der Waals surface area contributed by atoms with E-state index < -0.39 is 0 Å². The number of hydrogen-bond donors (Lipinski definition) is 1. The molecule has 2 unspecified atom stereocenters. The van der Waals surface area contributed by atoms with Crippen molar-refractivity contribution in [1.29, 1.82) is 0 Å². The number of hydrogen-bond acceptors (Lipinski definition) is 3. The van der Waals surface area contributed by atoms with E-state index >= 15 is 0 Å². The van der Waals surface area contributed by atoms with Gasteiger partial charge in [0, 0.05) is 12.1 Å². The minimum absolute atomic E-state index is 0.626. The number of rotatable bonds is 10. The molecule has 0 aliphatic rings. The topological polar surface area (TPSA) is 18.5 Å². The Labute approximate surface area is 109 Å². The molecule has 0 aliphatic carbocycles. The molecular weight excluding hydrogens is 210 g/mol. The van der Waals surface area contributed by atoms with E-state index in [-0.39, 0.29) is 0 Å². The Kier molecular flexibility index (Phi) is 9.79. The Morgan fingerprint density at radius 3 is 2.24 bits per heavy atom. The van der Waals surface area contributed by atoms with Crippen molar-refractivity contribution >= 4 is 0 Å². The molecule has 0 aromatic rings. The first-order valence-corrected chi connectivity index (χ1v) is 7.05. The SMILES string of the molecule is CCCNC(C)CC(C)N(C)CCCN(C)C. The Balaban J connectivity index is 3.68. The predicted molar refractivity (Wildman–Crippen MR) is 77.6 cm³/mol. The summed E-state index contributed by atoms with van der Waals surface area (Å²) in [5.74, 6) is 0. The molecule has 0 saturated heterocycles. The summed E-state index contributed by atoms with van der Waals surface area (Å²) >= 11 is 0. The lowest BCUT2D eigenvalue weighted by Gasteiger charge is -2.28. The quantitative estimate of drug-likeness (QED) is 0.633. The minimum atomic E-state index is 0.626. The first-order chi connectivity index (χ1) is 7.97. The second kappa shape index (κ2) is 9.86. The third kappa shape index (κ3) is 9.57. The van der Waals surface area contributed by atoms with Crippen LogP contribution in [0.25, 0.3) is 0 Å². The first-order valence-electron chi connectivity index (χ1n) is 7.05. The molecule has 0 saturated carbocycles. The fraction of sp³-hybridized carbons (Fsp3) is 1.00. The van der Waals surface area contributed by atoms with Gasteiger partial charge in [-0.05, 0) is 73.9 Å². The normalized spacial score (nSPS) is 15.5. The van der Waals surface area contributed by atoms with Crippen LogP contribution in [0.4, 0.5) is 0 Å². The molecule has 0 fully saturated rings. The van der Waals surface area contributed by atoms with Gasteiger partial charge in [0.15, 0.2) is 0 Å². The summed E-state index contributed by atoms with van der Waals surface area (Å²) in [4.78, 5) is 4.73. The Hall–Kier alpha value is -0.120. The summed E-state index contributed by atoms with van der Waals surface area (Å²) in [5.41, 5.74) is 0. The van der Waals surface area contributed by atoms with Crippen LogP contribution in [0.1, 0.15) is 40.0 Å². The van der Waals surface area contributed by atoms with Gasteiger partial charge in [0.2, 0.25) is 0 Å². The van der Waals surface area contributed by atoms with Gasteiger partial charge in [0.05, 0.1) is 0 Å². The van der Waals surface area contributed by atoms with Gasteiger partial charge in [0.25, 0.3) is 0 Å². The van der Waals surface area contributed by atoms with E-state index in [0.717, 1.165) is 6.54 Å². The van der Waals surface area contributed by atoms with Gasteiger partial charge in [-0.15, -0.1) is 0 Å². The molecule has 0 spiro atoms. The van der Waals surface area contributed by atoms with Crippen LogP contribution in [0, 0.1) is 0 Å². The van der Waals surface area contributed by atoms with Gasteiger partial charge < -0.3 is 15.1 Å². The second-order valence-corrected chi connectivity index (χ2v) is 5.58. The highest BCUT2D eigenvalue weighted by Gasteiger charge is 2.12. The summed E-state index contributed by atoms with van der Waals surface area (Å²) in [5, 5.41) is 3.56. The van der Waals surface area contributed by atoms with Crippen LogP contribution in [0.3, 0.4) is 0 Å². The average molecular weight is 243 g/mol. The van der Waals surface area contributed by atoms with E-state index in [2.05, 4.69) is 57.0 Å². The van der Waals surface area contributed by atoms with Crippen molar-refractivity contribution in [2.24, 2.45) is 0 Å². The number of nitrogens with zero attached hydrogens (tertiary/aromatic N) is 2. The van der Waals surface area contributed by atoms with Crippen molar-refractivity contribution in [2.75, 3.05) is 40.8 Å². The van der Waals surface area contributed by atoms with E-state index in [9.17, 15) is 0 Å². The zero-order chi connectivity index (χ0) is 13.3. The lowest BCUT2D eigenvalue weighted by Crippen LogP contribution is -2.38. The molecule has 0 aromatic heterocycles. The summed E-state index contributed by atoms with van der Waals surface area (Å²) < 4.78 is 0. The Morgan fingerprint density at radius 1 is 1.06 bits per heavy atom. The molecule has 0 aromatic carbocycles. The van der Waals surface area contributed by atoms with Gasteiger partial charge in [-0.3, -0.25) is 0 Å². The summed E-state index contributed by atoms with van der Waals surface area (Å²) in [6, 6.07) is 1.29. The molecule has 0 radical (unpaired) electrons. The van der Waals surface area contributed by atoms with Gasteiger partial charge in [0.1, 0.15) is 0 Å². The van der Waals surface area contributed by atoms with Gasteiger partial charge >= 0.3 is 0 Å². The van der Waals surface area contributed by atoms with Crippen LogP contribution in [0.15, 0.2) is 0 Å². The Bertz CT molecular complexity index is 171. The van der Waals surface area contributed by atoms with Crippen molar-refractivity contribution in [3.8, 4) is 0 Å². The molecule has 0 bridgehead atoms. The molecule has 17 heavy (non-hydrogen) atoms. The molecular formula is C14H33N3. The molecule has 1 N–H and O–H groups in total. The first kappa shape index (κ1) is 16.9. The van der Waals surface area contributed by atoms with E-state index in [1.54, 1.807) is 0 Å². The van der Waals surface area contributed by atoms with Crippen molar-refractivity contribution in [1.82, 2.24) is 15.1 Å². The minimum Gasteiger partial charge on any atom is -0.314 e. The van der Waals surface area contributed by atoms with Crippen molar-refractivity contribution in [2.45, 2.75) is 52.1 Å². The van der Waals surface area contributed by atoms with Crippen LogP contribution in [0.2, 0.25) is 0 Å². The molecule has 3 heteroatoms. The molecule has 104 valence electrons. The summed E-state index contributed by atoms with van der Waals surface area (Å²) in [7, 11) is 6.52. The van der Waals surface area contributed by atoms with Crippen LogP contribution in [0.5, 0.6) is 0 Å². The van der Waals surface area contributed by atoms with Crippen LogP contribution < -0.4 is 5.32 Å². The van der Waals surface area contributed by atoms with E-state index in [1.807, 2.05) is 0 Å². The van der Waals surface area contributed by atoms with Gasteiger partial charge in [-0.25, -0.2) is 0 Å². The fourth-order valence-electron chi connectivity index (χ4n) is 2.02.